The number of nitrogens with zero attached hydrogens (tertiary/aromatic N) is 1. The zero-order valence-electron chi connectivity index (χ0n) is 19.9. The van der Waals surface area contributed by atoms with Crippen LogP contribution in [0.25, 0.3) is 22.5 Å². The summed E-state index contributed by atoms with van der Waals surface area (Å²) in [4.78, 5) is 23.4. The molecule has 5 N–H and O–H groups in total. The van der Waals surface area contributed by atoms with Gasteiger partial charge in [-0.05, 0) is 29.8 Å². The van der Waals surface area contributed by atoms with Gasteiger partial charge in [-0.15, -0.1) is 0 Å². The quantitative estimate of drug-likeness (QED) is 0.370. The summed E-state index contributed by atoms with van der Waals surface area (Å²) in [7, 11) is 6.04. The standard InChI is InChI=1S/C24H27N3O8/c1-31-18-7-5-13(9-17(18)27-24(30)16(25)6-8-21(28)29)15-12-26-35-22(15)14-10-19(32-2)23(34-4)20(11-14)33-3/h5,7,9-12,16H,6,8,25H2,1-4H3,(H,27,30)(H,28,29)/p+1. The van der Waals surface area contributed by atoms with Crippen molar-refractivity contribution in [3.05, 3.63) is 36.5 Å². The summed E-state index contributed by atoms with van der Waals surface area (Å²) < 4.78 is 27.2. The van der Waals surface area contributed by atoms with Gasteiger partial charge in [-0.25, -0.2) is 0 Å². The number of anilines is 1. The molecular weight excluding hydrogens is 458 g/mol. The number of methoxy groups -OCH3 is 4. The van der Waals surface area contributed by atoms with Crippen molar-refractivity contribution in [2.24, 2.45) is 0 Å². The maximum Gasteiger partial charge on any atom is 0.303 e. The van der Waals surface area contributed by atoms with Crippen molar-refractivity contribution in [1.29, 1.82) is 0 Å². The molecule has 0 spiro atoms. The monoisotopic (exact) mass is 486 g/mol. The Labute approximate surface area is 201 Å². The summed E-state index contributed by atoms with van der Waals surface area (Å²) in [6, 6.07) is 7.96. The number of carboxylic acids is 1. The first-order valence-electron chi connectivity index (χ1n) is 10.6. The Morgan fingerprint density at radius 3 is 2.23 bits per heavy atom. The lowest BCUT2D eigenvalue weighted by molar-refractivity contribution is -0.403. The number of aliphatic carboxylic acids is 1. The molecule has 0 fully saturated rings. The number of quaternary nitrogens is 1. The van der Waals surface area contributed by atoms with E-state index in [0.29, 0.717) is 51.1 Å². The minimum atomic E-state index is -0.988. The number of nitrogens with one attached hydrogen (secondary N) is 1. The van der Waals surface area contributed by atoms with Crippen LogP contribution in [0.5, 0.6) is 23.0 Å². The number of amides is 1. The highest BCUT2D eigenvalue weighted by molar-refractivity contribution is 5.96. The first-order chi connectivity index (χ1) is 16.8. The van der Waals surface area contributed by atoms with Gasteiger partial charge in [0.2, 0.25) is 5.75 Å². The van der Waals surface area contributed by atoms with Crippen LogP contribution in [0.15, 0.2) is 41.1 Å². The molecule has 186 valence electrons. The van der Waals surface area contributed by atoms with Crippen molar-refractivity contribution < 1.29 is 43.9 Å². The van der Waals surface area contributed by atoms with Crippen LogP contribution in [-0.2, 0) is 9.59 Å². The van der Waals surface area contributed by atoms with Crippen molar-refractivity contribution in [3.8, 4) is 45.4 Å². The third kappa shape index (κ3) is 5.64. The summed E-state index contributed by atoms with van der Waals surface area (Å²) in [5, 5.41) is 15.6. The van der Waals surface area contributed by atoms with Gasteiger partial charge in [0.25, 0.3) is 5.91 Å². The highest BCUT2D eigenvalue weighted by Gasteiger charge is 2.22. The second-order valence-corrected chi connectivity index (χ2v) is 7.52. The van der Waals surface area contributed by atoms with E-state index < -0.39 is 17.9 Å². The number of benzene rings is 2. The smallest absolute Gasteiger partial charge is 0.303 e. The van der Waals surface area contributed by atoms with Gasteiger partial charge < -0.3 is 39.6 Å². The number of rotatable bonds is 11. The van der Waals surface area contributed by atoms with E-state index in [9.17, 15) is 9.59 Å². The molecule has 3 rings (SSSR count). The summed E-state index contributed by atoms with van der Waals surface area (Å²) in [6.07, 6.45) is 1.51. The van der Waals surface area contributed by atoms with E-state index in [4.69, 9.17) is 28.6 Å². The average Bonchev–Trinajstić information content (AvgIpc) is 3.36. The zero-order chi connectivity index (χ0) is 25.5. The van der Waals surface area contributed by atoms with Gasteiger partial charge in [0.05, 0.1) is 46.7 Å². The number of carbonyl (C=O) groups is 2. The summed E-state index contributed by atoms with van der Waals surface area (Å²) >= 11 is 0. The molecule has 11 nitrogen and oxygen atoms in total. The van der Waals surface area contributed by atoms with Crippen LogP contribution in [-0.4, -0.2) is 56.6 Å². The van der Waals surface area contributed by atoms with Gasteiger partial charge in [0.15, 0.2) is 23.3 Å². The summed E-state index contributed by atoms with van der Waals surface area (Å²) in [5.74, 6) is 0.820. The topological polar surface area (TPSA) is 157 Å². The van der Waals surface area contributed by atoms with Gasteiger partial charge in [0.1, 0.15) is 5.75 Å². The second kappa shape index (κ2) is 11.3. The molecule has 0 saturated carbocycles. The molecule has 35 heavy (non-hydrogen) atoms. The number of hydrogen-bond donors (Lipinski definition) is 3. The number of aromatic nitrogens is 1. The fourth-order valence-corrected chi connectivity index (χ4v) is 3.50. The Morgan fingerprint density at radius 2 is 1.66 bits per heavy atom. The normalized spacial score (nSPS) is 11.5. The Kier molecular flexibility index (Phi) is 8.16. The highest BCUT2D eigenvalue weighted by Crippen LogP contribution is 2.44. The third-order valence-electron chi connectivity index (χ3n) is 5.34. The number of carboxylic acid groups (broad SMARTS) is 1. The summed E-state index contributed by atoms with van der Waals surface area (Å²) in [6.45, 7) is 0. The number of hydrogen-bond acceptors (Lipinski definition) is 8. The first kappa shape index (κ1) is 25.4. The molecule has 1 heterocycles. The Bertz CT molecular complexity index is 1180. The molecule has 0 aliphatic carbocycles. The van der Waals surface area contributed by atoms with Crippen LogP contribution in [0.1, 0.15) is 12.8 Å². The van der Waals surface area contributed by atoms with Crippen LogP contribution in [0.4, 0.5) is 5.69 Å². The highest BCUT2D eigenvalue weighted by atomic mass is 16.5. The Morgan fingerprint density at radius 1 is 1.00 bits per heavy atom. The molecule has 1 amide bonds. The molecule has 0 saturated heterocycles. The minimum absolute atomic E-state index is 0.111. The SMILES string of the molecule is COc1ccc(-c2cnoc2-c2cc(OC)c(OC)c(OC)c2)cc1NC(=O)C([NH3+])CCC(=O)O. The van der Waals surface area contributed by atoms with E-state index in [1.807, 2.05) is 0 Å². The van der Waals surface area contributed by atoms with Gasteiger partial charge in [-0.3, -0.25) is 9.59 Å². The van der Waals surface area contributed by atoms with Crippen LogP contribution >= 0.6 is 0 Å². The van der Waals surface area contributed by atoms with Crippen LogP contribution in [0.2, 0.25) is 0 Å². The first-order valence-corrected chi connectivity index (χ1v) is 10.6. The van der Waals surface area contributed by atoms with Crippen molar-refractivity contribution in [1.82, 2.24) is 5.16 Å². The molecule has 1 unspecified atom stereocenters. The van der Waals surface area contributed by atoms with E-state index in [-0.39, 0.29) is 12.8 Å². The molecule has 0 aliphatic heterocycles. The summed E-state index contributed by atoms with van der Waals surface area (Å²) in [5.41, 5.74) is 6.14. The Balaban J connectivity index is 1.98. The molecule has 0 bridgehead atoms. The number of carbonyl (C=O) groups excluding carboxylic acids is 1. The number of ether oxygens (including phenoxy) is 4. The zero-order valence-corrected chi connectivity index (χ0v) is 19.9. The van der Waals surface area contributed by atoms with E-state index in [2.05, 4.69) is 16.2 Å². The van der Waals surface area contributed by atoms with Crippen molar-refractivity contribution in [2.45, 2.75) is 18.9 Å². The molecule has 3 aromatic rings. The Hall–Kier alpha value is -4.25. The molecular formula is C24H28N3O8+. The lowest BCUT2D eigenvalue weighted by Gasteiger charge is -2.15. The van der Waals surface area contributed by atoms with Crippen LogP contribution in [0, 0.1) is 0 Å². The average molecular weight is 487 g/mol. The predicted octanol–water partition coefficient (Wildman–Crippen LogP) is 2.46. The van der Waals surface area contributed by atoms with Gasteiger partial charge in [-0.1, -0.05) is 11.2 Å². The lowest BCUT2D eigenvalue weighted by Crippen LogP contribution is -2.66. The molecule has 1 aromatic heterocycles. The largest absolute Gasteiger partial charge is 0.495 e. The van der Waals surface area contributed by atoms with Gasteiger partial charge in [-0.2, -0.15) is 0 Å². The maximum atomic E-state index is 12.6. The van der Waals surface area contributed by atoms with E-state index in [1.165, 1.54) is 28.4 Å². The van der Waals surface area contributed by atoms with Crippen LogP contribution < -0.4 is 30.0 Å². The second-order valence-electron chi connectivity index (χ2n) is 7.52. The van der Waals surface area contributed by atoms with Crippen molar-refractivity contribution >= 4 is 17.6 Å². The fourth-order valence-electron chi connectivity index (χ4n) is 3.50. The van der Waals surface area contributed by atoms with E-state index >= 15 is 0 Å². The molecule has 11 heteroatoms. The van der Waals surface area contributed by atoms with Gasteiger partial charge >= 0.3 is 5.97 Å². The van der Waals surface area contributed by atoms with Crippen LogP contribution in [0.3, 0.4) is 0 Å². The maximum absolute atomic E-state index is 12.6. The molecule has 2 aromatic carbocycles. The molecule has 1 atom stereocenters. The predicted molar refractivity (Wildman–Crippen MR) is 126 cm³/mol. The van der Waals surface area contributed by atoms with Crippen molar-refractivity contribution in [3.63, 3.8) is 0 Å². The molecule has 0 aliphatic rings. The van der Waals surface area contributed by atoms with E-state index in [0.717, 1.165) is 0 Å². The third-order valence-corrected chi connectivity index (χ3v) is 5.34. The molecule has 0 radical (unpaired) electrons. The van der Waals surface area contributed by atoms with E-state index in [1.54, 1.807) is 36.5 Å². The lowest BCUT2D eigenvalue weighted by atomic mass is 10.0. The fraction of sp³-hybridized carbons (Fsp3) is 0.292. The van der Waals surface area contributed by atoms with Crippen molar-refractivity contribution in [2.75, 3.05) is 33.8 Å². The minimum Gasteiger partial charge on any atom is -0.495 e. The van der Waals surface area contributed by atoms with Gasteiger partial charge in [0, 0.05) is 17.5 Å².